The molecule has 0 bridgehead atoms. The highest BCUT2D eigenvalue weighted by molar-refractivity contribution is 5.93. The Morgan fingerprint density at radius 3 is 2.67 bits per heavy atom. The van der Waals surface area contributed by atoms with Crippen LogP contribution in [0, 0.1) is 0 Å². The lowest BCUT2D eigenvalue weighted by Crippen LogP contribution is -2.57. The fraction of sp³-hybridized carbons (Fsp3) is 0.643. The van der Waals surface area contributed by atoms with Gasteiger partial charge < -0.3 is 9.88 Å². The number of nitrogens with zero attached hydrogens (tertiary/aromatic N) is 2. The average Bonchev–Trinajstić information content (AvgIpc) is 2.45. The third-order valence-electron chi connectivity index (χ3n) is 4.00. The number of aromatic amines is 2. The predicted molar refractivity (Wildman–Crippen MR) is 79.5 cm³/mol. The number of hydrogen-bond donors (Lipinski definition) is 2. The Bertz CT molecular complexity index is 619. The summed E-state index contributed by atoms with van der Waals surface area (Å²) in [7, 11) is 0. The first-order valence-corrected chi connectivity index (χ1v) is 7.31. The molecule has 1 amide bonds. The highest BCUT2D eigenvalue weighted by atomic mass is 16.2. The second-order valence-corrected chi connectivity index (χ2v) is 5.63. The summed E-state index contributed by atoms with van der Waals surface area (Å²) in [6.07, 6.45) is 2.14. The highest BCUT2D eigenvalue weighted by Gasteiger charge is 2.31. The molecule has 2 heterocycles. The molecular weight excluding hydrogens is 272 g/mol. The van der Waals surface area contributed by atoms with Crippen molar-refractivity contribution in [2.75, 3.05) is 19.6 Å². The SMILES string of the molecule is CC[C@@H]1CN(C(=O)c2c[nH]c(=O)[nH]c2=O)CCN1C(C)C. The summed E-state index contributed by atoms with van der Waals surface area (Å²) < 4.78 is 0. The van der Waals surface area contributed by atoms with Gasteiger partial charge in [0.25, 0.3) is 11.5 Å². The van der Waals surface area contributed by atoms with Crippen molar-refractivity contribution >= 4 is 5.91 Å². The van der Waals surface area contributed by atoms with Crippen LogP contribution in [0.1, 0.15) is 37.6 Å². The molecule has 7 nitrogen and oxygen atoms in total. The Morgan fingerprint density at radius 2 is 2.10 bits per heavy atom. The van der Waals surface area contributed by atoms with Gasteiger partial charge in [0.15, 0.2) is 0 Å². The van der Waals surface area contributed by atoms with E-state index in [0.29, 0.717) is 25.2 Å². The molecule has 0 spiro atoms. The molecule has 1 saturated heterocycles. The van der Waals surface area contributed by atoms with Crippen LogP contribution in [0.3, 0.4) is 0 Å². The lowest BCUT2D eigenvalue weighted by molar-refractivity contribution is 0.0370. The molecule has 21 heavy (non-hydrogen) atoms. The molecule has 0 radical (unpaired) electrons. The predicted octanol–water partition coefficient (Wildman–Crippen LogP) is 0.00800. The third-order valence-corrected chi connectivity index (χ3v) is 4.00. The van der Waals surface area contributed by atoms with Crippen molar-refractivity contribution in [1.29, 1.82) is 0 Å². The minimum absolute atomic E-state index is 0.0116. The van der Waals surface area contributed by atoms with Crippen LogP contribution < -0.4 is 11.2 Å². The molecule has 7 heteroatoms. The van der Waals surface area contributed by atoms with Crippen molar-refractivity contribution in [3.8, 4) is 0 Å². The van der Waals surface area contributed by atoms with E-state index >= 15 is 0 Å². The monoisotopic (exact) mass is 294 g/mol. The second kappa shape index (κ2) is 6.26. The fourth-order valence-corrected chi connectivity index (χ4v) is 2.84. The topological polar surface area (TPSA) is 89.3 Å². The van der Waals surface area contributed by atoms with E-state index in [1.54, 1.807) is 4.90 Å². The lowest BCUT2D eigenvalue weighted by Gasteiger charge is -2.43. The van der Waals surface area contributed by atoms with E-state index < -0.39 is 11.2 Å². The quantitative estimate of drug-likeness (QED) is 0.821. The summed E-state index contributed by atoms with van der Waals surface area (Å²) in [5.41, 5.74) is -1.25. The standard InChI is InChI=1S/C14H22N4O3/c1-4-10-8-17(5-6-18(10)9(2)3)13(20)11-7-15-14(21)16-12(11)19/h7,9-10H,4-6,8H2,1-3H3,(H2,15,16,19,21)/t10-/m1/s1. The first-order chi connectivity index (χ1) is 9.93. The number of hydrogen-bond acceptors (Lipinski definition) is 4. The molecule has 1 aromatic rings. The summed E-state index contributed by atoms with van der Waals surface area (Å²) in [5, 5.41) is 0. The average molecular weight is 294 g/mol. The van der Waals surface area contributed by atoms with E-state index in [1.807, 2.05) is 0 Å². The summed E-state index contributed by atoms with van der Waals surface area (Å²) in [6.45, 7) is 8.38. The van der Waals surface area contributed by atoms with Crippen LogP contribution in [0.4, 0.5) is 0 Å². The molecule has 1 aromatic heterocycles. The lowest BCUT2D eigenvalue weighted by atomic mass is 10.1. The maximum Gasteiger partial charge on any atom is 0.325 e. The molecule has 0 aromatic carbocycles. The van der Waals surface area contributed by atoms with E-state index in [2.05, 4.69) is 35.6 Å². The zero-order valence-electron chi connectivity index (χ0n) is 12.7. The van der Waals surface area contributed by atoms with Crippen molar-refractivity contribution < 1.29 is 4.79 Å². The smallest absolute Gasteiger partial charge is 0.325 e. The fourth-order valence-electron chi connectivity index (χ4n) is 2.84. The first-order valence-electron chi connectivity index (χ1n) is 7.31. The minimum atomic E-state index is -0.636. The van der Waals surface area contributed by atoms with Gasteiger partial charge in [-0.2, -0.15) is 0 Å². The number of H-pyrrole nitrogens is 2. The molecule has 1 atom stereocenters. The van der Waals surface area contributed by atoms with Gasteiger partial charge in [0.05, 0.1) is 0 Å². The maximum atomic E-state index is 12.4. The molecule has 0 aliphatic carbocycles. The normalized spacial score (nSPS) is 20.0. The van der Waals surface area contributed by atoms with E-state index in [-0.39, 0.29) is 11.5 Å². The van der Waals surface area contributed by atoms with Gasteiger partial charge in [-0.15, -0.1) is 0 Å². The van der Waals surface area contributed by atoms with Crippen molar-refractivity contribution in [3.63, 3.8) is 0 Å². The van der Waals surface area contributed by atoms with Gasteiger partial charge in [0, 0.05) is 37.9 Å². The largest absolute Gasteiger partial charge is 0.336 e. The van der Waals surface area contributed by atoms with Gasteiger partial charge >= 0.3 is 5.69 Å². The van der Waals surface area contributed by atoms with E-state index in [4.69, 9.17) is 0 Å². The molecule has 0 saturated carbocycles. The van der Waals surface area contributed by atoms with Crippen LogP contribution in [-0.4, -0.2) is 57.4 Å². The van der Waals surface area contributed by atoms with E-state index in [0.717, 1.165) is 13.0 Å². The number of amides is 1. The van der Waals surface area contributed by atoms with E-state index in [1.165, 1.54) is 6.20 Å². The summed E-state index contributed by atoms with van der Waals surface area (Å²) >= 11 is 0. The Kier molecular flexibility index (Phi) is 4.62. The van der Waals surface area contributed by atoms with Gasteiger partial charge in [-0.25, -0.2) is 4.79 Å². The Balaban J connectivity index is 2.18. The number of rotatable bonds is 3. The van der Waals surface area contributed by atoms with Gasteiger partial charge in [-0.05, 0) is 20.3 Å². The summed E-state index contributed by atoms with van der Waals surface area (Å²) in [6, 6.07) is 0.730. The Hall–Kier alpha value is -1.89. The number of carbonyl (C=O) groups is 1. The van der Waals surface area contributed by atoms with Crippen molar-refractivity contribution in [2.45, 2.75) is 39.3 Å². The maximum absolute atomic E-state index is 12.4. The first kappa shape index (κ1) is 15.5. The van der Waals surface area contributed by atoms with Crippen LogP contribution in [0.15, 0.2) is 15.8 Å². The van der Waals surface area contributed by atoms with Crippen molar-refractivity contribution in [3.05, 3.63) is 32.6 Å². The number of nitrogens with one attached hydrogen (secondary N) is 2. The Labute approximate surface area is 123 Å². The van der Waals surface area contributed by atoms with Crippen LogP contribution in [0.25, 0.3) is 0 Å². The zero-order valence-corrected chi connectivity index (χ0v) is 12.7. The van der Waals surface area contributed by atoms with Gasteiger partial charge in [-0.3, -0.25) is 19.5 Å². The third kappa shape index (κ3) is 3.24. The number of aromatic nitrogens is 2. The number of carbonyl (C=O) groups excluding carboxylic acids is 1. The van der Waals surface area contributed by atoms with Crippen LogP contribution in [0.5, 0.6) is 0 Å². The molecule has 2 rings (SSSR count). The molecule has 1 fully saturated rings. The summed E-state index contributed by atoms with van der Waals surface area (Å²) in [5.74, 6) is -0.325. The van der Waals surface area contributed by atoms with Crippen LogP contribution in [0.2, 0.25) is 0 Å². The molecule has 2 N–H and O–H groups in total. The van der Waals surface area contributed by atoms with E-state index in [9.17, 15) is 14.4 Å². The Morgan fingerprint density at radius 1 is 1.38 bits per heavy atom. The van der Waals surface area contributed by atoms with Crippen molar-refractivity contribution in [1.82, 2.24) is 19.8 Å². The van der Waals surface area contributed by atoms with Gasteiger partial charge in [-0.1, -0.05) is 6.92 Å². The molecule has 1 aliphatic heterocycles. The van der Waals surface area contributed by atoms with Crippen molar-refractivity contribution in [2.24, 2.45) is 0 Å². The van der Waals surface area contributed by atoms with Gasteiger partial charge in [0.1, 0.15) is 5.56 Å². The zero-order chi connectivity index (χ0) is 15.6. The van der Waals surface area contributed by atoms with Gasteiger partial charge in [0.2, 0.25) is 0 Å². The highest BCUT2D eigenvalue weighted by Crippen LogP contribution is 2.16. The molecule has 1 aliphatic rings. The molecular formula is C14H22N4O3. The number of piperazine rings is 1. The summed E-state index contributed by atoms with van der Waals surface area (Å²) in [4.78, 5) is 43.7. The molecule has 0 unspecified atom stereocenters. The van der Waals surface area contributed by atoms with Crippen LogP contribution >= 0.6 is 0 Å². The van der Waals surface area contributed by atoms with Crippen LogP contribution in [-0.2, 0) is 0 Å². The second-order valence-electron chi connectivity index (χ2n) is 5.63. The molecule has 116 valence electrons. The minimum Gasteiger partial charge on any atom is -0.336 e.